The van der Waals surface area contributed by atoms with Gasteiger partial charge in [0.25, 0.3) is 0 Å². The number of nitrogens with two attached hydrogens (primary N) is 1. The van der Waals surface area contributed by atoms with E-state index in [4.69, 9.17) is 25.6 Å². The van der Waals surface area contributed by atoms with Crippen molar-refractivity contribution in [3.8, 4) is 0 Å². The third kappa shape index (κ3) is 4.21. The number of anilines is 3. The van der Waals surface area contributed by atoms with E-state index in [1.54, 1.807) is 12.3 Å². The Hall–Kier alpha value is -0.672. The Morgan fingerprint density at radius 1 is 1.11 bits per heavy atom. The van der Waals surface area contributed by atoms with Crippen LogP contribution in [0.5, 0.6) is 0 Å². The maximum absolute atomic E-state index is 5.89. The standard InChI is InChI=1S/C10H9AsCl2N4.ClH/c12-11(13)7-1-3-8(4-2-7)16-9-5-6-15-10(14)17-9;/h1-6H,(H3,14,15,16,17);1H. The summed E-state index contributed by atoms with van der Waals surface area (Å²) in [6.45, 7) is 0. The van der Waals surface area contributed by atoms with Crippen LogP contribution in [0.15, 0.2) is 36.5 Å². The number of nitrogens with zero attached hydrogens (tertiary/aromatic N) is 2. The second kappa shape index (κ2) is 7.05. The Labute approximate surface area is 124 Å². The molecule has 0 unspecified atom stereocenters. The van der Waals surface area contributed by atoms with Crippen LogP contribution in [-0.4, -0.2) is 22.7 Å². The van der Waals surface area contributed by atoms with Crippen LogP contribution in [0.4, 0.5) is 17.5 Å². The second-order valence-electron chi connectivity index (χ2n) is 3.20. The molecule has 0 saturated heterocycles. The molecule has 0 saturated carbocycles. The van der Waals surface area contributed by atoms with Crippen LogP contribution in [0.2, 0.25) is 0 Å². The van der Waals surface area contributed by atoms with E-state index in [0.29, 0.717) is 5.82 Å². The molecule has 0 atom stereocenters. The minimum atomic E-state index is -1.83. The van der Waals surface area contributed by atoms with Crippen molar-refractivity contribution in [3.63, 3.8) is 0 Å². The van der Waals surface area contributed by atoms with Gasteiger partial charge in [0.05, 0.1) is 0 Å². The molecule has 0 fully saturated rings. The quantitative estimate of drug-likeness (QED) is 0.818. The molecular weight excluding hydrogens is 357 g/mol. The summed E-state index contributed by atoms with van der Waals surface area (Å²) in [5.41, 5.74) is 6.38. The van der Waals surface area contributed by atoms with Crippen molar-refractivity contribution in [1.29, 1.82) is 0 Å². The first-order valence-corrected chi connectivity index (χ1v) is 10.6. The van der Waals surface area contributed by atoms with E-state index >= 15 is 0 Å². The van der Waals surface area contributed by atoms with Gasteiger partial charge < -0.3 is 0 Å². The summed E-state index contributed by atoms with van der Waals surface area (Å²) in [7, 11) is 11.8. The molecule has 1 aromatic carbocycles. The van der Waals surface area contributed by atoms with Crippen LogP contribution in [-0.2, 0) is 0 Å². The molecule has 0 spiro atoms. The molecule has 96 valence electrons. The van der Waals surface area contributed by atoms with Gasteiger partial charge in [-0.15, -0.1) is 12.4 Å². The first kappa shape index (κ1) is 15.4. The van der Waals surface area contributed by atoms with Gasteiger partial charge in [-0.3, -0.25) is 0 Å². The summed E-state index contributed by atoms with van der Waals surface area (Å²) in [5, 5.41) is 3.11. The number of halogens is 3. The number of benzene rings is 1. The number of nitrogen functional groups attached to an aromatic ring is 1. The van der Waals surface area contributed by atoms with Gasteiger partial charge in [-0.2, -0.15) is 0 Å². The summed E-state index contributed by atoms with van der Waals surface area (Å²) in [6, 6.07) is 9.37. The molecule has 0 aliphatic heterocycles. The number of hydrogen-bond acceptors (Lipinski definition) is 4. The Morgan fingerprint density at radius 2 is 1.78 bits per heavy atom. The Bertz CT molecular complexity index is 507. The summed E-state index contributed by atoms with van der Waals surface area (Å²) < 4.78 is 0.994. The molecule has 1 aromatic heterocycles. The van der Waals surface area contributed by atoms with E-state index in [1.165, 1.54) is 0 Å². The van der Waals surface area contributed by atoms with Crippen LogP contribution in [0.3, 0.4) is 0 Å². The second-order valence-corrected chi connectivity index (χ2v) is 9.68. The molecule has 0 aliphatic carbocycles. The fraction of sp³-hybridized carbons (Fsp3) is 0. The maximum atomic E-state index is 5.89. The number of rotatable bonds is 3. The third-order valence-electron chi connectivity index (χ3n) is 2.01. The predicted octanol–water partition coefficient (Wildman–Crippen LogP) is 2.40. The number of nitrogens with one attached hydrogen (secondary N) is 1. The number of hydrogen-bond donors (Lipinski definition) is 2. The molecule has 0 amide bonds. The average molecular weight is 367 g/mol. The van der Waals surface area contributed by atoms with Gasteiger partial charge in [0.1, 0.15) is 0 Å². The Morgan fingerprint density at radius 3 is 2.33 bits per heavy atom. The summed E-state index contributed by atoms with van der Waals surface area (Å²) >= 11 is -1.83. The van der Waals surface area contributed by atoms with Gasteiger partial charge in [0.15, 0.2) is 0 Å². The third-order valence-corrected chi connectivity index (χ3v) is 5.48. The predicted molar refractivity (Wildman–Crippen MR) is 80.5 cm³/mol. The summed E-state index contributed by atoms with van der Waals surface area (Å²) in [6.07, 6.45) is 1.60. The van der Waals surface area contributed by atoms with Crippen LogP contribution in [0, 0.1) is 0 Å². The molecule has 4 nitrogen and oxygen atoms in total. The SMILES string of the molecule is Cl.Nc1nccc(Nc2ccc([As](Cl)Cl)cc2)n1. The van der Waals surface area contributed by atoms with Crippen LogP contribution >= 0.6 is 32.3 Å². The Kier molecular flexibility index (Phi) is 6.03. The molecule has 2 aromatic rings. The van der Waals surface area contributed by atoms with E-state index in [0.717, 1.165) is 10.0 Å². The van der Waals surface area contributed by atoms with E-state index in [9.17, 15) is 0 Å². The molecule has 2 rings (SSSR count). The van der Waals surface area contributed by atoms with E-state index in [-0.39, 0.29) is 18.4 Å². The monoisotopic (exact) mass is 366 g/mol. The van der Waals surface area contributed by atoms with Gasteiger partial charge in [-0.25, -0.2) is 0 Å². The summed E-state index contributed by atoms with van der Waals surface area (Å²) in [5.74, 6) is 0.886. The van der Waals surface area contributed by atoms with Crippen molar-refractivity contribution < 1.29 is 0 Å². The molecule has 18 heavy (non-hydrogen) atoms. The zero-order valence-electron chi connectivity index (χ0n) is 9.05. The first-order chi connectivity index (χ1) is 8.15. The van der Waals surface area contributed by atoms with Crippen molar-refractivity contribution in [3.05, 3.63) is 36.5 Å². The van der Waals surface area contributed by atoms with Crippen LogP contribution < -0.4 is 15.4 Å². The molecule has 8 heteroatoms. The van der Waals surface area contributed by atoms with Crippen molar-refractivity contribution in [2.24, 2.45) is 0 Å². The van der Waals surface area contributed by atoms with E-state index in [1.807, 2.05) is 24.3 Å². The van der Waals surface area contributed by atoms with Gasteiger partial charge >= 0.3 is 112 Å². The average Bonchev–Trinajstić information content (AvgIpc) is 2.29. The fourth-order valence-electron chi connectivity index (χ4n) is 1.25. The zero-order valence-corrected chi connectivity index (χ0v) is 13.3. The van der Waals surface area contributed by atoms with Gasteiger partial charge in [0.2, 0.25) is 0 Å². The van der Waals surface area contributed by atoms with Crippen molar-refractivity contribution >= 4 is 66.9 Å². The van der Waals surface area contributed by atoms with E-state index < -0.39 is 12.8 Å². The number of aromatic nitrogens is 2. The molecule has 0 radical (unpaired) electrons. The first-order valence-electron chi connectivity index (χ1n) is 4.72. The normalized spacial score (nSPS) is 9.94. The fourth-order valence-corrected chi connectivity index (χ4v) is 3.21. The van der Waals surface area contributed by atoms with Crippen LogP contribution in [0.25, 0.3) is 0 Å². The molecule has 3 N–H and O–H groups in total. The van der Waals surface area contributed by atoms with Crippen molar-refractivity contribution in [1.82, 2.24) is 9.97 Å². The van der Waals surface area contributed by atoms with Crippen molar-refractivity contribution in [2.75, 3.05) is 11.1 Å². The molecule has 0 aliphatic rings. The molecule has 1 heterocycles. The van der Waals surface area contributed by atoms with Crippen LogP contribution in [0.1, 0.15) is 0 Å². The van der Waals surface area contributed by atoms with Gasteiger partial charge in [-0.05, 0) is 0 Å². The minimum absolute atomic E-state index is 0. The topological polar surface area (TPSA) is 63.8 Å². The van der Waals surface area contributed by atoms with E-state index in [2.05, 4.69) is 15.3 Å². The van der Waals surface area contributed by atoms with Crippen molar-refractivity contribution in [2.45, 2.75) is 0 Å². The Balaban J connectivity index is 0.00000162. The summed E-state index contributed by atoms with van der Waals surface area (Å²) in [4.78, 5) is 7.85. The molecule has 0 bridgehead atoms. The zero-order chi connectivity index (χ0) is 12.3. The molecular formula is C10H10AsCl3N4. The van der Waals surface area contributed by atoms with Gasteiger partial charge in [0, 0.05) is 0 Å². The van der Waals surface area contributed by atoms with Gasteiger partial charge in [-0.1, -0.05) is 0 Å².